The number of carbonyl (C=O) groups excluding carboxylic acids is 1. The number of piperidine rings is 1. The van der Waals surface area contributed by atoms with Gasteiger partial charge in [-0.15, -0.1) is 13.2 Å². The van der Waals surface area contributed by atoms with Gasteiger partial charge in [0.2, 0.25) is 0 Å². The van der Waals surface area contributed by atoms with Crippen LogP contribution in [0.5, 0.6) is 5.75 Å². The maximum atomic E-state index is 15.0. The molecule has 1 aromatic rings. The van der Waals surface area contributed by atoms with Crippen molar-refractivity contribution in [2.24, 2.45) is 0 Å². The molecule has 0 saturated carbocycles. The van der Waals surface area contributed by atoms with Gasteiger partial charge < -0.3 is 14.4 Å². The van der Waals surface area contributed by atoms with Crippen molar-refractivity contribution in [3.8, 4) is 5.75 Å². The first-order valence-electron chi connectivity index (χ1n) is 8.23. The number of nitrogens with zero attached hydrogens (tertiary/aromatic N) is 2. The largest absolute Gasteiger partial charge is 0.573 e. The van der Waals surface area contributed by atoms with Crippen molar-refractivity contribution in [3.05, 3.63) is 24.0 Å². The summed E-state index contributed by atoms with van der Waals surface area (Å²) in [6.45, 7) is 5.69. The summed E-state index contributed by atoms with van der Waals surface area (Å²) >= 11 is 0. The van der Waals surface area contributed by atoms with Gasteiger partial charge in [-0.1, -0.05) is 0 Å². The summed E-state index contributed by atoms with van der Waals surface area (Å²) < 4.78 is 60.4. The molecule has 2 rings (SSSR count). The van der Waals surface area contributed by atoms with Crippen LogP contribution < -0.4 is 4.74 Å². The monoisotopic (exact) mass is 378 g/mol. The maximum absolute atomic E-state index is 15.0. The molecule has 1 saturated heterocycles. The SMILES string of the molecule is CC(C)(C)OC(=O)N1CCC(F)(Cc2ccc(OC(F)(F)F)cn2)CC1. The standard InChI is InChI=1S/C17H22F4N2O3/c1-15(2,3)26-14(24)23-8-6-16(18,7-9-23)10-12-4-5-13(11-22-12)25-17(19,20)21/h4-5,11H,6-10H2,1-3H3. The van der Waals surface area contributed by atoms with E-state index in [1.807, 2.05) is 0 Å². The Kier molecular flexibility index (Phi) is 5.67. The number of alkyl halides is 4. The van der Waals surface area contributed by atoms with Crippen LogP contribution in [0.4, 0.5) is 22.4 Å². The van der Waals surface area contributed by atoms with Crippen LogP contribution in [0.3, 0.4) is 0 Å². The van der Waals surface area contributed by atoms with Crippen LogP contribution in [0.15, 0.2) is 18.3 Å². The van der Waals surface area contributed by atoms with E-state index in [0.29, 0.717) is 5.69 Å². The number of aromatic nitrogens is 1. The van der Waals surface area contributed by atoms with Crippen LogP contribution in [-0.4, -0.2) is 46.7 Å². The summed E-state index contributed by atoms with van der Waals surface area (Å²) in [7, 11) is 0. The fourth-order valence-corrected chi connectivity index (χ4v) is 2.63. The lowest BCUT2D eigenvalue weighted by molar-refractivity contribution is -0.274. The number of carbonyl (C=O) groups is 1. The van der Waals surface area contributed by atoms with Crippen LogP contribution in [-0.2, 0) is 11.2 Å². The minimum absolute atomic E-state index is 0.0402. The predicted octanol–water partition coefficient (Wildman–Crippen LogP) is 4.26. The molecule has 0 bridgehead atoms. The Balaban J connectivity index is 1.90. The quantitative estimate of drug-likeness (QED) is 0.738. The summed E-state index contributed by atoms with van der Waals surface area (Å²) in [5.74, 6) is -0.450. The molecule has 0 spiro atoms. The molecular formula is C17H22F4N2O3. The molecule has 0 radical (unpaired) electrons. The molecule has 9 heteroatoms. The topological polar surface area (TPSA) is 51.7 Å². The summed E-state index contributed by atoms with van der Waals surface area (Å²) in [4.78, 5) is 17.3. The van der Waals surface area contributed by atoms with Gasteiger partial charge in [-0.3, -0.25) is 4.98 Å². The minimum atomic E-state index is -4.79. The Morgan fingerprint density at radius 1 is 1.23 bits per heavy atom. The number of rotatable bonds is 3. The third-order valence-corrected chi connectivity index (χ3v) is 3.84. The summed E-state index contributed by atoms with van der Waals surface area (Å²) in [6.07, 6.45) is -4.18. The van der Waals surface area contributed by atoms with Crippen molar-refractivity contribution in [3.63, 3.8) is 0 Å². The molecular weight excluding hydrogens is 356 g/mol. The number of likely N-dealkylation sites (tertiary alicyclic amines) is 1. The van der Waals surface area contributed by atoms with Crippen LogP contribution in [0, 0.1) is 0 Å². The smallest absolute Gasteiger partial charge is 0.444 e. The highest BCUT2D eigenvalue weighted by Crippen LogP contribution is 2.31. The number of hydrogen-bond acceptors (Lipinski definition) is 4. The molecule has 26 heavy (non-hydrogen) atoms. The summed E-state index contributed by atoms with van der Waals surface area (Å²) in [6, 6.07) is 2.41. The Labute approximate surface area is 149 Å². The van der Waals surface area contributed by atoms with E-state index in [9.17, 15) is 22.4 Å². The van der Waals surface area contributed by atoms with Gasteiger partial charge in [0, 0.05) is 25.2 Å². The molecule has 0 aromatic carbocycles. The normalized spacial score (nSPS) is 17.7. The molecule has 0 atom stereocenters. The molecule has 5 nitrogen and oxygen atoms in total. The van der Waals surface area contributed by atoms with Gasteiger partial charge in [0.1, 0.15) is 17.0 Å². The van der Waals surface area contributed by atoms with Gasteiger partial charge in [-0.2, -0.15) is 0 Å². The fourth-order valence-electron chi connectivity index (χ4n) is 2.63. The lowest BCUT2D eigenvalue weighted by atomic mass is 9.89. The van der Waals surface area contributed by atoms with Crippen molar-refractivity contribution in [2.45, 2.75) is 57.7 Å². The molecule has 0 N–H and O–H groups in total. The molecule has 1 aliphatic heterocycles. The van der Waals surface area contributed by atoms with Crippen LogP contribution in [0.1, 0.15) is 39.3 Å². The summed E-state index contributed by atoms with van der Waals surface area (Å²) in [5, 5.41) is 0. The van der Waals surface area contributed by atoms with Gasteiger partial charge in [0.25, 0.3) is 0 Å². The third-order valence-electron chi connectivity index (χ3n) is 3.84. The third kappa shape index (κ3) is 6.34. The lowest BCUT2D eigenvalue weighted by Gasteiger charge is -2.37. The van der Waals surface area contributed by atoms with Gasteiger partial charge in [0.15, 0.2) is 0 Å². The molecule has 1 amide bonds. The molecule has 2 heterocycles. The van der Waals surface area contributed by atoms with Crippen molar-refractivity contribution < 1.29 is 31.8 Å². The molecule has 1 aliphatic rings. The molecule has 0 aliphatic carbocycles. The van der Waals surface area contributed by atoms with Crippen LogP contribution >= 0.6 is 0 Å². The number of hydrogen-bond donors (Lipinski definition) is 0. The van der Waals surface area contributed by atoms with Crippen LogP contribution in [0.25, 0.3) is 0 Å². The molecule has 1 fully saturated rings. The zero-order valence-corrected chi connectivity index (χ0v) is 14.9. The molecule has 0 unspecified atom stereocenters. The molecule has 146 valence electrons. The average molecular weight is 378 g/mol. The Morgan fingerprint density at radius 3 is 2.31 bits per heavy atom. The summed E-state index contributed by atoms with van der Waals surface area (Å²) in [5.41, 5.74) is -1.86. The first-order valence-corrected chi connectivity index (χ1v) is 8.23. The van der Waals surface area contributed by atoms with E-state index in [2.05, 4.69) is 9.72 Å². The van der Waals surface area contributed by atoms with Gasteiger partial charge in [0.05, 0.1) is 6.20 Å². The Morgan fingerprint density at radius 2 is 1.85 bits per heavy atom. The Bertz CT molecular complexity index is 618. The van der Waals surface area contributed by atoms with Crippen molar-refractivity contribution in [1.82, 2.24) is 9.88 Å². The van der Waals surface area contributed by atoms with E-state index in [4.69, 9.17) is 4.74 Å². The second kappa shape index (κ2) is 7.28. The highest BCUT2D eigenvalue weighted by atomic mass is 19.4. The van der Waals surface area contributed by atoms with E-state index in [0.717, 1.165) is 12.3 Å². The number of pyridine rings is 1. The minimum Gasteiger partial charge on any atom is -0.444 e. The van der Waals surface area contributed by atoms with Crippen LogP contribution in [0.2, 0.25) is 0 Å². The second-order valence-electron chi connectivity index (χ2n) is 7.33. The zero-order valence-electron chi connectivity index (χ0n) is 14.9. The fraction of sp³-hybridized carbons (Fsp3) is 0.647. The van der Waals surface area contributed by atoms with Gasteiger partial charge in [-0.25, -0.2) is 9.18 Å². The first kappa shape index (κ1) is 20.3. The molecule has 1 aromatic heterocycles. The Hall–Kier alpha value is -2.06. The first-order chi connectivity index (χ1) is 11.9. The van der Waals surface area contributed by atoms with Crippen molar-refractivity contribution in [2.75, 3.05) is 13.1 Å². The van der Waals surface area contributed by atoms with Crippen molar-refractivity contribution in [1.29, 1.82) is 0 Å². The zero-order chi connectivity index (χ0) is 19.6. The number of amides is 1. The number of ether oxygens (including phenoxy) is 2. The van der Waals surface area contributed by atoms with E-state index in [1.54, 1.807) is 20.8 Å². The highest BCUT2D eigenvalue weighted by Gasteiger charge is 2.38. The average Bonchev–Trinajstić information content (AvgIpc) is 2.46. The van der Waals surface area contributed by atoms with Gasteiger partial charge >= 0.3 is 12.5 Å². The number of halogens is 4. The van der Waals surface area contributed by atoms with E-state index in [-0.39, 0.29) is 32.4 Å². The predicted molar refractivity (Wildman–Crippen MR) is 85.5 cm³/mol. The maximum Gasteiger partial charge on any atom is 0.573 e. The van der Waals surface area contributed by atoms with E-state index >= 15 is 0 Å². The van der Waals surface area contributed by atoms with E-state index in [1.165, 1.54) is 11.0 Å². The van der Waals surface area contributed by atoms with Crippen molar-refractivity contribution >= 4 is 6.09 Å². The second-order valence-corrected chi connectivity index (χ2v) is 7.33. The highest BCUT2D eigenvalue weighted by molar-refractivity contribution is 5.68. The van der Waals surface area contributed by atoms with E-state index < -0.39 is 29.5 Å². The van der Waals surface area contributed by atoms with Gasteiger partial charge in [-0.05, 0) is 45.7 Å². The lowest BCUT2D eigenvalue weighted by Crippen LogP contribution is -2.47.